The van der Waals surface area contributed by atoms with Crippen molar-refractivity contribution in [1.82, 2.24) is 20.2 Å². The molecule has 5 nitrogen and oxygen atoms in total. The average molecular weight is 365 g/mol. The Morgan fingerprint density at radius 3 is 2.86 bits per heavy atom. The van der Waals surface area contributed by atoms with Crippen LogP contribution in [-0.4, -0.2) is 20.2 Å². The number of anilines is 1. The number of tetrazole rings is 1. The van der Waals surface area contributed by atoms with E-state index in [1.54, 1.807) is 22.9 Å². The molecule has 0 aliphatic heterocycles. The van der Waals surface area contributed by atoms with Gasteiger partial charge in [0.2, 0.25) is 0 Å². The first-order valence-electron chi connectivity index (χ1n) is 6.17. The normalized spacial score (nSPS) is 10.8. The number of nitrogens with two attached hydrogens (primary N) is 1. The monoisotopic (exact) mass is 363 g/mol. The Balaban J connectivity index is 2.22. The molecule has 1 heterocycles. The van der Waals surface area contributed by atoms with Crippen LogP contribution in [0.25, 0.3) is 17.1 Å². The Labute approximate surface area is 134 Å². The minimum absolute atomic E-state index is 0.552. The van der Waals surface area contributed by atoms with Crippen LogP contribution in [0.1, 0.15) is 5.56 Å². The van der Waals surface area contributed by atoms with Crippen molar-refractivity contribution in [2.75, 3.05) is 5.73 Å². The first kappa shape index (κ1) is 14.0. The lowest BCUT2D eigenvalue weighted by molar-refractivity contribution is 0.787. The lowest BCUT2D eigenvalue weighted by Gasteiger charge is -2.10. The fraction of sp³-hybridized carbons (Fsp3) is 0.0714. The quantitative estimate of drug-likeness (QED) is 0.705. The number of benzene rings is 2. The van der Waals surface area contributed by atoms with Crippen LogP contribution in [0, 0.1) is 6.92 Å². The molecule has 3 aromatic rings. The lowest BCUT2D eigenvalue weighted by atomic mass is 10.1. The van der Waals surface area contributed by atoms with Gasteiger partial charge in [0.05, 0.1) is 5.69 Å². The van der Waals surface area contributed by atoms with Gasteiger partial charge in [-0.3, -0.25) is 0 Å². The van der Waals surface area contributed by atoms with Crippen LogP contribution < -0.4 is 5.73 Å². The van der Waals surface area contributed by atoms with E-state index >= 15 is 0 Å². The summed E-state index contributed by atoms with van der Waals surface area (Å²) in [7, 11) is 0. The Kier molecular flexibility index (Phi) is 3.65. The van der Waals surface area contributed by atoms with Crippen LogP contribution in [0.15, 0.2) is 40.9 Å². The number of halogens is 2. The molecule has 0 atom stereocenters. The van der Waals surface area contributed by atoms with E-state index in [-0.39, 0.29) is 0 Å². The fourth-order valence-corrected chi connectivity index (χ4v) is 2.59. The maximum absolute atomic E-state index is 6.05. The van der Waals surface area contributed by atoms with E-state index in [9.17, 15) is 0 Å². The first-order valence-corrected chi connectivity index (χ1v) is 7.34. The summed E-state index contributed by atoms with van der Waals surface area (Å²) in [6.45, 7) is 1.99. The van der Waals surface area contributed by atoms with Crippen molar-refractivity contribution >= 4 is 33.2 Å². The number of nitrogens with zero attached hydrogens (tertiary/aromatic N) is 4. The summed E-state index contributed by atoms with van der Waals surface area (Å²) in [5.74, 6) is 0.552. The average Bonchev–Trinajstić information content (AvgIpc) is 2.93. The number of hydrogen-bond donors (Lipinski definition) is 1. The summed E-state index contributed by atoms with van der Waals surface area (Å²) in [6, 6.07) is 11.1. The third kappa shape index (κ3) is 2.52. The van der Waals surface area contributed by atoms with Crippen molar-refractivity contribution in [2.24, 2.45) is 0 Å². The number of nitrogen functional groups attached to an aromatic ring is 1. The summed E-state index contributed by atoms with van der Waals surface area (Å²) in [6.07, 6.45) is 0. The summed E-state index contributed by atoms with van der Waals surface area (Å²) in [5, 5.41) is 12.5. The molecule has 7 heteroatoms. The molecular weight excluding hydrogens is 354 g/mol. The lowest BCUT2D eigenvalue weighted by Crippen LogP contribution is -2.04. The highest BCUT2D eigenvalue weighted by atomic mass is 79.9. The first-order chi connectivity index (χ1) is 10.1. The van der Waals surface area contributed by atoms with Crippen LogP contribution in [0.3, 0.4) is 0 Å². The maximum atomic E-state index is 6.05. The molecule has 2 aromatic carbocycles. The second-order valence-corrected chi connectivity index (χ2v) is 5.82. The van der Waals surface area contributed by atoms with Gasteiger partial charge in [-0.05, 0) is 53.2 Å². The smallest absolute Gasteiger partial charge is 0.189 e. The van der Waals surface area contributed by atoms with E-state index in [1.807, 2.05) is 25.1 Å². The minimum Gasteiger partial charge on any atom is -0.398 e. The van der Waals surface area contributed by atoms with Gasteiger partial charge in [0.15, 0.2) is 5.82 Å². The van der Waals surface area contributed by atoms with Gasteiger partial charge in [0, 0.05) is 20.7 Å². The van der Waals surface area contributed by atoms with Crippen molar-refractivity contribution in [3.05, 3.63) is 51.5 Å². The molecule has 0 aliphatic carbocycles. The van der Waals surface area contributed by atoms with Gasteiger partial charge in [0.1, 0.15) is 0 Å². The van der Waals surface area contributed by atoms with Crippen LogP contribution in [-0.2, 0) is 0 Å². The van der Waals surface area contributed by atoms with E-state index in [0.717, 1.165) is 15.7 Å². The molecule has 0 spiro atoms. The van der Waals surface area contributed by atoms with Crippen LogP contribution in [0.4, 0.5) is 5.69 Å². The third-order valence-electron chi connectivity index (χ3n) is 3.19. The van der Waals surface area contributed by atoms with E-state index < -0.39 is 0 Å². The molecule has 0 amide bonds. The zero-order valence-corrected chi connectivity index (χ0v) is 13.4. The van der Waals surface area contributed by atoms with Crippen molar-refractivity contribution in [2.45, 2.75) is 6.92 Å². The molecule has 0 unspecified atom stereocenters. The molecule has 1 aromatic heterocycles. The molecular formula is C14H11BrClN5. The fourth-order valence-electron chi connectivity index (χ4n) is 2.07. The van der Waals surface area contributed by atoms with E-state index in [4.69, 9.17) is 17.3 Å². The highest BCUT2D eigenvalue weighted by Gasteiger charge is 2.16. The summed E-state index contributed by atoms with van der Waals surface area (Å²) in [4.78, 5) is 0. The SMILES string of the molecule is Cc1c(Br)cccc1-n1nnnc1-c1cc(Cl)ccc1N. The largest absolute Gasteiger partial charge is 0.398 e. The summed E-state index contributed by atoms with van der Waals surface area (Å²) < 4.78 is 2.64. The second kappa shape index (κ2) is 5.46. The van der Waals surface area contributed by atoms with E-state index in [0.29, 0.717) is 22.1 Å². The Morgan fingerprint density at radius 1 is 1.24 bits per heavy atom. The zero-order valence-electron chi connectivity index (χ0n) is 11.1. The van der Waals surface area contributed by atoms with E-state index in [2.05, 4.69) is 31.5 Å². The van der Waals surface area contributed by atoms with Crippen molar-refractivity contribution in [3.63, 3.8) is 0 Å². The molecule has 0 fully saturated rings. The second-order valence-electron chi connectivity index (χ2n) is 4.53. The Morgan fingerprint density at radius 2 is 2.05 bits per heavy atom. The van der Waals surface area contributed by atoms with Crippen molar-refractivity contribution < 1.29 is 0 Å². The predicted molar refractivity (Wildman–Crippen MR) is 86.4 cm³/mol. The molecule has 0 saturated heterocycles. The van der Waals surface area contributed by atoms with Gasteiger partial charge in [-0.1, -0.05) is 33.6 Å². The summed E-state index contributed by atoms with van der Waals surface area (Å²) >= 11 is 9.56. The third-order valence-corrected chi connectivity index (χ3v) is 4.29. The van der Waals surface area contributed by atoms with E-state index in [1.165, 1.54) is 0 Å². The van der Waals surface area contributed by atoms with Crippen molar-refractivity contribution in [1.29, 1.82) is 0 Å². The van der Waals surface area contributed by atoms with Gasteiger partial charge in [-0.2, -0.15) is 4.68 Å². The van der Waals surface area contributed by atoms with Gasteiger partial charge in [-0.25, -0.2) is 0 Å². The van der Waals surface area contributed by atoms with Gasteiger partial charge >= 0.3 is 0 Å². The Hall–Kier alpha value is -1.92. The molecule has 0 bridgehead atoms. The zero-order chi connectivity index (χ0) is 15.0. The topological polar surface area (TPSA) is 69.6 Å². The molecule has 21 heavy (non-hydrogen) atoms. The van der Waals surface area contributed by atoms with Gasteiger partial charge < -0.3 is 5.73 Å². The molecule has 2 N–H and O–H groups in total. The molecule has 3 rings (SSSR count). The number of aromatic nitrogens is 4. The molecule has 106 valence electrons. The summed E-state index contributed by atoms with van der Waals surface area (Å²) in [5.41, 5.74) is 9.20. The molecule has 0 saturated carbocycles. The highest BCUT2D eigenvalue weighted by molar-refractivity contribution is 9.10. The highest BCUT2D eigenvalue weighted by Crippen LogP contribution is 2.30. The predicted octanol–water partition coefficient (Wildman–Crippen LogP) is 3.64. The van der Waals surface area contributed by atoms with Gasteiger partial charge in [0.25, 0.3) is 0 Å². The molecule has 0 aliphatic rings. The van der Waals surface area contributed by atoms with Gasteiger partial charge in [-0.15, -0.1) is 5.10 Å². The standard InChI is InChI=1S/C14H11BrClN5/c1-8-11(15)3-2-4-13(8)21-14(18-19-20-21)10-7-9(16)5-6-12(10)17/h2-7H,17H2,1H3. The Bertz CT molecular complexity index is 798. The number of rotatable bonds is 2. The maximum Gasteiger partial charge on any atom is 0.189 e. The van der Waals surface area contributed by atoms with Crippen LogP contribution in [0.2, 0.25) is 5.02 Å². The minimum atomic E-state index is 0.552. The number of hydrogen-bond acceptors (Lipinski definition) is 4. The van der Waals surface area contributed by atoms with Crippen molar-refractivity contribution in [3.8, 4) is 17.1 Å². The van der Waals surface area contributed by atoms with Crippen LogP contribution in [0.5, 0.6) is 0 Å². The van der Waals surface area contributed by atoms with Crippen LogP contribution >= 0.6 is 27.5 Å². The molecule has 0 radical (unpaired) electrons.